The van der Waals surface area contributed by atoms with Crippen LogP contribution < -0.4 is 5.32 Å². The largest absolute Gasteiger partial charge is 0.418 e. The minimum Gasteiger partial charge on any atom is -0.324 e. The summed E-state index contributed by atoms with van der Waals surface area (Å²) in [5.41, 5.74) is 0.291. The van der Waals surface area contributed by atoms with Crippen molar-refractivity contribution >= 4 is 27.5 Å². The van der Waals surface area contributed by atoms with Crippen molar-refractivity contribution in [3.8, 4) is 0 Å². The topological polar surface area (TPSA) is 46.9 Å². The molecule has 0 aliphatic carbocycles. The summed E-state index contributed by atoms with van der Waals surface area (Å²) in [5.74, 6) is -0.570. The molecule has 0 bridgehead atoms. The van der Waals surface area contributed by atoms with Gasteiger partial charge >= 0.3 is 6.18 Å². The van der Waals surface area contributed by atoms with Crippen LogP contribution >= 0.6 is 15.9 Å². The van der Waals surface area contributed by atoms with Crippen molar-refractivity contribution in [1.82, 2.24) is 9.78 Å². The van der Waals surface area contributed by atoms with E-state index in [1.165, 1.54) is 22.9 Å². The highest BCUT2D eigenvalue weighted by atomic mass is 79.9. The number of amides is 1. The van der Waals surface area contributed by atoms with Crippen LogP contribution in [0.5, 0.6) is 0 Å². The van der Waals surface area contributed by atoms with E-state index < -0.39 is 23.7 Å². The summed E-state index contributed by atoms with van der Waals surface area (Å²) in [5, 5.41) is 6.57. The van der Waals surface area contributed by atoms with E-state index in [1.54, 1.807) is 20.8 Å². The van der Waals surface area contributed by atoms with E-state index in [9.17, 15) is 18.0 Å². The summed E-state index contributed by atoms with van der Waals surface area (Å²) in [6, 6.07) is 4.13. The highest BCUT2D eigenvalue weighted by Gasteiger charge is 2.34. The van der Waals surface area contributed by atoms with E-state index in [0.29, 0.717) is 5.69 Å². The number of nitrogens with zero attached hydrogens (tertiary/aromatic N) is 2. The molecule has 1 heterocycles. The third kappa shape index (κ3) is 3.57. The summed E-state index contributed by atoms with van der Waals surface area (Å²) < 4.78 is 41.2. The van der Waals surface area contributed by atoms with Gasteiger partial charge in [-0.15, -0.1) is 0 Å². The lowest BCUT2D eigenvalue weighted by molar-refractivity contribution is -0.137. The Labute approximate surface area is 139 Å². The number of alkyl halides is 3. The molecule has 1 N–H and O–H groups in total. The Morgan fingerprint density at radius 2 is 1.91 bits per heavy atom. The highest BCUT2D eigenvalue weighted by molar-refractivity contribution is 9.10. The molecule has 124 valence electrons. The van der Waals surface area contributed by atoms with Crippen LogP contribution in [0.25, 0.3) is 0 Å². The van der Waals surface area contributed by atoms with Gasteiger partial charge in [0.05, 0.1) is 27.1 Å². The van der Waals surface area contributed by atoms with Gasteiger partial charge in [-0.2, -0.15) is 18.3 Å². The van der Waals surface area contributed by atoms with Crippen molar-refractivity contribution in [1.29, 1.82) is 0 Å². The molecule has 0 fully saturated rings. The van der Waals surface area contributed by atoms with E-state index in [-0.39, 0.29) is 5.69 Å². The number of nitrogens with one attached hydrogen (secondary N) is 1. The summed E-state index contributed by atoms with van der Waals surface area (Å²) in [6.07, 6.45) is -4.53. The Bertz CT molecular complexity index is 740. The maximum absolute atomic E-state index is 13.0. The average Bonchev–Trinajstić information content (AvgIpc) is 2.73. The van der Waals surface area contributed by atoms with Crippen LogP contribution in [0.15, 0.2) is 28.7 Å². The smallest absolute Gasteiger partial charge is 0.324 e. The highest BCUT2D eigenvalue weighted by Crippen LogP contribution is 2.35. The molecule has 0 aliphatic rings. The van der Waals surface area contributed by atoms with E-state index in [0.717, 1.165) is 16.2 Å². The second-order valence-corrected chi connectivity index (χ2v) is 5.93. The van der Waals surface area contributed by atoms with Gasteiger partial charge in [0.15, 0.2) is 0 Å². The van der Waals surface area contributed by atoms with Crippen molar-refractivity contribution in [2.75, 3.05) is 5.32 Å². The molecule has 4 nitrogen and oxygen atoms in total. The first-order chi connectivity index (χ1) is 10.6. The van der Waals surface area contributed by atoms with Gasteiger partial charge in [-0.3, -0.25) is 9.48 Å². The second kappa shape index (κ2) is 6.35. The third-order valence-corrected chi connectivity index (χ3v) is 4.62. The van der Waals surface area contributed by atoms with Crippen molar-refractivity contribution in [2.45, 2.75) is 33.0 Å². The molecular weight excluding hydrogens is 375 g/mol. The zero-order valence-corrected chi connectivity index (χ0v) is 14.3. The van der Waals surface area contributed by atoms with Gasteiger partial charge in [0.2, 0.25) is 5.91 Å². The van der Waals surface area contributed by atoms with Crippen LogP contribution in [-0.4, -0.2) is 15.7 Å². The molecule has 0 aliphatic heterocycles. The molecular formula is C15H15BrF3N3O. The first-order valence-corrected chi connectivity index (χ1v) is 7.60. The van der Waals surface area contributed by atoms with Gasteiger partial charge in [0.25, 0.3) is 0 Å². The van der Waals surface area contributed by atoms with Gasteiger partial charge in [-0.05, 0) is 48.8 Å². The van der Waals surface area contributed by atoms with Crippen LogP contribution in [0.1, 0.15) is 29.9 Å². The van der Waals surface area contributed by atoms with Crippen LogP contribution in [-0.2, 0) is 11.0 Å². The number of aryl methyl sites for hydroxylation is 1. The maximum Gasteiger partial charge on any atom is 0.418 e. The number of carbonyl (C=O) groups excluding carboxylic acids is 1. The van der Waals surface area contributed by atoms with Crippen LogP contribution in [0.2, 0.25) is 0 Å². The van der Waals surface area contributed by atoms with Gasteiger partial charge in [0.1, 0.15) is 6.04 Å². The average molecular weight is 390 g/mol. The number of anilines is 1. The fourth-order valence-corrected chi connectivity index (χ4v) is 2.47. The monoisotopic (exact) mass is 389 g/mol. The first-order valence-electron chi connectivity index (χ1n) is 6.81. The SMILES string of the molecule is Cc1nn(C(C)C(=O)Nc2ccccc2C(F)(F)F)c(C)c1Br. The van der Waals surface area contributed by atoms with Crippen LogP contribution in [0.3, 0.4) is 0 Å². The van der Waals surface area contributed by atoms with E-state index in [2.05, 4.69) is 26.3 Å². The second-order valence-electron chi connectivity index (χ2n) is 5.14. The Hall–Kier alpha value is -1.83. The molecule has 0 saturated carbocycles. The van der Waals surface area contributed by atoms with E-state index in [1.807, 2.05) is 0 Å². The first kappa shape index (κ1) is 17.5. The van der Waals surface area contributed by atoms with Crippen LogP contribution in [0.4, 0.5) is 18.9 Å². The summed E-state index contributed by atoms with van der Waals surface area (Å²) in [6.45, 7) is 5.13. The standard InChI is InChI=1S/C15H15BrF3N3O/c1-8-13(16)9(2)22(21-8)10(3)14(23)20-12-7-5-4-6-11(12)15(17,18)19/h4-7,10H,1-3H3,(H,20,23). The lowest BCUT2D eigenvalue weighted by atomic mass is 10.1. The fraction of sp³-hybridized carbons (Fsp3) is 0.333. The number of hydrogen-bond donors (Lipinski definition) is 1. The number of carbonyl (C=O) groups is 1. The van der Waals surface area contributed by atoms with Gasteiger partial charge < -0.3 is 5.32 Å². The number of aromatic nitrogens is 2. The minimum absolute atomic E-state index is 0.266. The van der Waals surface area contributed by atoms with Crippen LogP contribution in [0, 0.1) is 13.8 Å². The zero-order valence-electron chi connectivity index (χ0n) is 12.7. The zero-order chi connectivity index (χ0) is 17.4. The van der Waals surface area contributed by atoms with Crippen molar-refractivity contribution in [2.24, 2.45) is 0 Å². The maximum atomic E-state index is 13.0. The Kier molecular flexibility index (Phi) is 4.84. The molecule has 0 saturated heterocycles. The number of rotatable bonds is 3. The minimum atomic E-state index is -4.53. The molecule has 2 aromatic rings. The molecule has 1 aromatic heterocycles. The molecule has 23 heavy (non-hydrogen) atoms. The van der Waals surface area contributed by atoms with Gasteiger partial charge in [-0.25, -0.2) is 0 Å². The van der Waals surface area contributed by atoms with Crippen molar-refractivity contribution < 1.29 is 18.0 Å². The van der Waals surface area contributed by atoms with Crippen molar-refractivity contribution in [3.63, 3.8) is 0 Å². The Morgan fingerprint density at radius 1 is 1.30 bits per heavy atom. The fourth-order valence-electron chi connectivity index (χ4n) is 2.21. The predicted molar refractivity (Wildman–Crippen MR) is 84.2 cm³/mol. The van der Waals surface area contributed by atoms with Gasteiger partial charge in [0, 0.05) is 0 Å². The molecule has 1 amide bonds. The van der Waals surface area contributed by atoms with E-state index in [4.69, 9.17) is 0 Å². The molecule has 0 spiro atoms. The molecule has 0 radical (unpaired) electrons. The lowest BCUT2D eigenvalue weighted by Crippen LogP contribution is -2.26. The molecule has 2 rings (SSSR count). The molecule has 1 atom stereocenters. The number of halogens is 4. The summed E-state index contributed by atoms with van der Waals surface area (Å²) in [7, 11) is 0. The molecule has 1 aromatic carbocycles. The predicted octanol–water partition coefficient (Wildman–Crippen LogP) is 4.48. The van der Waals surface area contributed by atoms with E-state index >= 15 is 0 Å². The normalized spacial score (nSPS) is 13.0. The lowest BCUT2D eigenvalue weighted by Gasteiger charge is -2.17. The Balaban J connectivity index is 2.28. The Morgan fingerprint density at radius 3 is 2.43 bits per heavy atom. The number of hydrogen-bond acceptors (Lipinski definition) is 2. The summed E-state index contributed by atoms with van der Waals surface area (Å²) >= 11 is 3.36. The quantitative estimate of drug-likeness (QED) is 0.840. The number of para-hydroxylation sites is 1. The molecule has 1 unspecified atom stereocenters. The van der Waals surface area contributed by atoms with Gasteiger partial charge in [-0.1, -0.05) is 12.1 Å². The summed E-state index contributed by atoms with van der Waals surface area (Å²) in [4.78, 5) is 12.3. The van der Waals surface area contributed by atoms with Crippen molar-refractivity contribution in [3.05, 3.63) is 45.7 Å². The third-order valence-electron chi connectivity index (χ3n) is 3.47. The number of benzene rings is 1. The molecule has 8 heteroatoms.